The highest BCUT2D eigenvalue weighted by atomic mass is 28.3. The van der Waals surface area contributed by atoms with Crippen LogP contribution in [0.25, 0.3) is 0 Å². The molecule has 0 heterocycles. The van der Waals surface area contributed by atoms with Crippen molar-refractivity contribution in [2.45, 2.75) is 52.6 Å². The molecule has 0 rings (SSSR count). The maximum Gasteiger partial charge on any atom is 0.221 e. The Kier molecular flexibility index (Phi) is 4.89. The van der Waals surface area contributed by atoms with Crippen molar-refractivity contribution in [3.05, 3.63) is 0 Å². The quantitative estimate of drug-likeness (QED) is 0.465. The van der Waals surface area contributed by atoms with Gasteiger partial charge in [-0.25, -0.2) is 0 Å². The summed E-state index contributed by atoms with van der Waals surface area (Å²) in [4.78, 5) is 0. The average Bonchev–Trinajstić information content (AvgIpc) is 2.03. The van der Waals surface area contributed by atoms with Crippen LogP contribution in [0.15, 0.2) is 0 Å². The summed E-state index contributed by atoms with van der Waals surface area (Å²) in [5, 5.41) is 0. The molecule has 0 aromatic rings. The van der Waals surface area contributed by atoms with Crippen LogP contribution < -0.4 is 0 Å². The minimum absolute atomic E-state index is 0.618. The summed E-state index contributed by atoms with van der Waals surface area (Å²) in [7, 11) is -1.67. The van der Waals surface area contributed by atoms with Crippen LogP contribution in [-0.4, -0.2) is 8.07 Å². The van der Waals surface area contributed by atoms with Gasteiger partial charge in [0.2, 0.25) is 8.07 Å². The molecule has 0 saturated heterocycles. The second-order valence-corrected chi connectivity index (χ2v) is 8.48. The minimum Gasteiger partial charge on any atom is -0.115 e. The summed E-state index contributed by atoms with van der Waals surface area (Å²) in [5.41, 5.74) is 8.06. The molecule has 0 N–H and O–H groups in total. The van der Waals surface area contributed by atoms with Gasteiger partial charge in [-0.1, -0.05) is 27.7 Å². The molecule has 0 amide bonds. The molecule has 0 unspecified atom stereocenters. The Bertz CT molecular complexity index is 235. The van der Waals surface area contributed by atoms with Crippen LogP contribution in [0.2, 0.25) is 11.1 Å². The van der Waals surface area contributed by atoms with E-state index in [1.807, 2.05) is 13.8 Å². The molecular formula is C12H20Si. The van der Waals surface area contributed by atoms with Crippen molar-refractivity contribution in [1.29, 1.82) is 0 Å². The van der Waals surface area contributed by atoms with E-state index in [1.165, 1.54) is 0 Å². The fraction of sp³-hybridized carbons (Fsp3) is 0.667. The van der Waals surface area contributed by atoms with E-state index in [1.54, 1.807) is 0 Å². The zero-order chi connectivity index (χ0) is 10.5. The van der Waals surface area contributed by atoms with Gasteiger partial charge < -0.3 is 0 Å². The van der Waals surface area contributed by atoms with E-state index in [4.69, 9.17) is 0 Å². The lowest BCUT2D eigenvalue weighted by molar-refractivity contribution is 0.934. The summed E-state index contributed by atoms with van der Waals surface area (Å²) in [5.74, 6) is 6.13. The fourth-order valence-corrected chi connectivity index (χ4v) is 5.07. The summed E-state index contributed by atoms with van der Waals surface area (Å²) in [6.07, 6.45) is 0. The van der Waals surface area contributed by atoms with Crippen molar-refractivity contribution >= 4 is 8.07 Å². The highest BCUT2D eigenvalue weighted by Gasteiger charge is 2.37. The number of hydrogen-bond donors (Lipinski definition) is 0. The van der Waals surface area contributed by atoms with Gasteiger partial charge in [-0.15, -0.1) is 22.9 Å². The summed E-state index contributed by atoms with van der Waals surface area (Å²) < 4.78 is 0. The number of rotatable bonds is 2. The van der Waals surface area contributed by atoms with E-state index >= 15 is 0 Å². The van der Waals surface area contributed by atoms with E-state index < -0.39 is 8.07 Å². The summed E-state index contributed by atoms with van der Waals surface area (Å²) in [6, 6.07) is 0. The predicted molar refractivity (Wildman–Crippen MR) is 62.9 cm³/mol. The van der Waals surface area contributed by atoms with Gasteiger partial charge in [0.1, 0.15) is 0 Å². The highest BCUT2D eigenvalue weighted by molar-refractivity contribution is 6.96. The van der Waals surface area contributed by atoms with Crippen molar-refractivity contribution in [2.75, 3.05) is 0 Å². The SMILES string of the molecule is CC#C[Si](C#CC)(C(C)C)C(C)C. The smallest absolute Gasteiger partial charge is 0.115 e. The van der Waals surface area contributed by atoms with Crippen molar-refractivity contribution < 1.29 is 0 Å². The van der Waals surface area contributed by atoms with Crippen LogP contribution >= 0.6 is 0 Å². The van der Waals surface area contributed by atoms with E-state index in [9.17, 15) is 0 Å². The molecular weight excluding hydrogens is 172 g/mol. The van der Waals surface area contributed by atoms with Gasteiger partial charge in [-0.3, -0.25) is 0 Å². The van der Waals surface area contributed by atoms with Crippen molar-refractivity contribution in [1.82, 2.24) is 0 Å². The zero-order valence-electron chi connectivity index (χ0n) is 9.65. The van der Waals surface area contributed by atoms with Crippen LogP contribution in [0.1, 0.15) is 41.5 Å². The van der Waals surface area contributed by atoms with Gasteiger partial charge in [-0.05, 0) is 24.9 Å². The molecule has 0 aliphatic heterocycles. The second-order valence-electron chi connectivity index (χ2n) is 3.93. The monoisotopic (exact) mass is 192 g/mol. The molecule has 0 atom stereocenters. The molecule has 0 aliphatic carbocycles. The van der Waals surface area contributed by atoms with Gasteiger partial charge in [-0.2, -0.15) is 0 Å². The molecule has 72 valence electrons. The average molecular weight is 192 g/mol. The first-order valence-corrected chi connectivity index (χ1v) is 7.04. The first kappa shape index (κ1) is 12.3. The molecule has 0 aromatic heterocycles. The second kappa shape index (κ2) is 5.15. The molecule has 0 nitrogen and oxygen atoms in total. The van der Waals surface area contributed by atoms with Crippen LogP contribution in [-0.2, 0) is 0 Å². The van der Waals surface area contributed by atoms with Crippen LogP contribution in [0, 0.1) is 22.9 Å². The van der Waals surface area contributed by atoms with Crippen molar-refractivity contribution in [3.8, 4) is 22.9 Å². The largest absolute Gasteiger partial charge is 0.221 e. The molecule has 0 bridgehead atoms. The van der Waals surface area contributed by atoms with Gasteiger partial charge in [0.05, 0.1) is 0 Å². The zero-order valence-corrected chi connectivity index (χ0v) is 10.7. The molecule has 0 radical (unpaired) electrons. The Morgan fingerprint density at radius 3 is 1.23 bits per heavy atom. The lowest BCUT2D eigenvalue weighted by Crippen LogP contribution is -2.38. The Balaban J connectivity index is 5.22. The van der Waals surface area contributed by atoms with Gasteiger partial charge >= 0.3 is 0 Å². The Morgan fingerprint density at radius 2 is 1.08 bits per heavy atom. The molecule has 0 aliphatic rings. The third-order valence-corrected chi connectivity index (χ3v) is 7.46. The maximum absolute atomic E-state index is 3.41. The van der Waals surface area contributed by atoms with Crippen LogP contribution in [0.3, 0.4) is 0 Å². The molecule has 0 fully saturated rings. The first-order chi connectivity index (χ1) is 6.01. The molecule has 1 heteroatoms. The van der Waals surface area contributed by atoms with Crippen LogP contribution in [0.4, 0.5) is 0 Å². The Hall–Kier alpha value is -0.663. The van der Waals surface area contributed by atoms with E-state index in [2.05, 4.69) is 50.6 Å². The minimum atomic E-state index is -1.67. The van der Waals surface area contributed by atoms with Crippen molar-refractivity contribution in [2.24, 2.45) is 0 Å². The van der Waals surface area contributed by atoms with E-state index in [0.717, 1.165) is 0 Å². The third kappa shape index (κ3) is 2.64. The van der Waals surface area contributed by atoms with Gasteiger partial charge in [0.15, 0.2) is 0 Å². The highest BCUT2D eigenvalue weighted by Crippen LogP contribution is 2.30. The lowest BCUT2D eigenvalue weighted by Gasteiger charge is -2.28. The molecule has 0 spiro atoms. The van der Waals surface area contributed by atoms with E-state index in [-0.39, 0.29) is 0 Å². The summed E-state index contributed by atoms with van der Waals surface area (Å²) in [6.45, 7) is 12.8. The van der Waals surface area contributed by atoms with Crippen LogP contribution in [0.5, 0.6) is 0 Å². The Morgan fingerprint density at radius 1 is 0.769 bits per heavy atom. The maximum atomic E-state index is 3.41. The predicted octanol–water partition coefficient (Wildman–Crippen LogP) is 3.38. The molecule has 0 saturated carbocycles. The lowest BCUT2D eigenvalue weighted by atomic mass is 10.5. The fourth-order valence-electron chi connectivity index (χ4n) is 1.69. The Labute approximate surface area is 84.1 Å². The summed E-state index contributed by atoms with van der Waals surface area (Å²) >= 11 is 0. The van der Waals surface area contributed by atoms with Gasteiger partial charge in [0.25, 0.3) is 0 Å². The molecule has 13 heavy (non-hydrogen) atoms. The third-order valence-electron chi connectivity index (χ3n) is 2.49. The topological polar surface area (TPSA) is 0 Å². The van der Waals surface area contributed by atoms with Crippen molar-refractivity contribution in [3.63, 3.8) is 0 Å². The standard InChI is InChI=1S/C12H20Si/c1-7-9-13(10-8-2,11(3)4)12(5)6/h11-12H,1-6H3. The number of hydrogen-bond acceptors (Lipinski definition) is 0. The van der Waals surface area contributed by atoms with Gasteiger partial charge in [0, 0.05) is 0 Å². The van der Waals surface area contributed by atoms with E-state index in [0.29, 0.717) is 11.1 Å². The normalized spacial score (nSPS) is 10.5. The molecule has 0 aromatic carbocycles. The first-order valence-electron chi connectivity index (χ1n) is 4.89.